The molecule has 0 aliphatic carbocycles. The van der Waals surface area contributed by atoms with Crippen molar-refractivity contribution in [2.24, 2.45) is 0 Å². The molecule has 1 aliphatic rings. The molecule has 1 fully saturated rings. The van der Waals surface area contributed by atoms with Crippen LogP contribution >= 0.6 is 0 Å². The molecule has 1 aromatic carbocycles. The average molecular weight is 340 g/mol. The Bertz CT molecular complexity index is 692. The van der Waals surface area contributed by atoms with Crippen LogP contribution in [0.15, 0.2) is 17.0 Å². The molecule has 2 rings (SSSR count). The van der Waals surface area contributed by atoms with Gasteiger partial charge < -0.3 is 9.64 Å². The van der Waals surface area contributed by atoms with E-state index in [-0.39, 0.29) is 16.9 Å². The second-order valence-electron chi connectivity index (χ2n) is 5.85. The van der Waals surface area contributed by atoms with Crippen molar-refractivity contribution in [1.82, 2.24) is 9.62 Å². The van der Waals surface area contributed by atoms with Gasteiger partial charge in [-0.3, -0.25) is 4.79 Å². The minimum absolute atomic E-state index is 0.129. The number of piperidine rings is 1. The Labute approximate surface area is 137 Å². The van der Waals surface area contributed by atoms with Gasteiger partial charge in [-0.05, 0) is 57.0 Å². The normalized spacial score (nSPS) is 16.6. The number of ether oxygens (including phenoxy) is 1. The lowest BCUT2D eigenvalue weighted by atomic mass is 10.0. The van der Waals surface area contributed by atoms with Gasteiger partial charge >= 0.3 is 0 Å². The van der Waals surface area contributed by atoms with Crippen LogP contribution < -0.4 is 4.72 Å². The van der Waals surface area contributed by atoms with E-state index < -0.39 is 10.0 Å². The number of carbonyl (C=O) groups is 1. The highest BCUT2D eigenvalue weighted by Gasteiger charge is 2.25. The van der Waals surface area contributed by atoms with Crippen LogP contribution in [0.1, 0.15) is 34.3 Å². The Morgan fingerprint density at radius 2 is 1.87 bits per heavy atom. The van der Waals surface area contributed by atoms with Crippen molar-refractivity contribution < 1.29 is 17.9 Å². The highest BCUT2D eigenvalue weighted by molar-refractivity contribution is 7.89. The number of methoxy groups -OCH3 is 1. The zero-order valence-corrected chi connectivity index (χ0v) is 14.9. The quantitative estimate of drug-likeness (QED) is 0.900. The smallest absolute Gasteiger partial charge is 0.253 e. The zero-order chi connectivity index (χ0) is 17.2. The largest absolute Gasteiger partial charge is 0.381 e. The van der Waals surface area contributed by atoms with Crippen molar-refractivity contribution >= 4 is 15.9 Å². The van der Waals surface area contributed by atoms with Gasteiger partial charge in [-0.15, -0.1) is 0 Å². The van der Waals surface area contributed by atoms with E-state index in [9.17, 15) is 13.2 Å². The summed E-state index contributed by atoms with van der Waals surface area (Å²) in [5.74, 6) is -0.129. The summed E-state index contributed by atoms with van der Waals surface area (Å²) in [6.07, 6.45) is 1.79. The van der Waals surface area contributed by atoms with Crippen LogP contribution in [0.25, 0.3) is 0 Å². The van der Waals surface area contributed by atoms with E-state index in [1.807, 2.05) is 6.92 Å². The van der Waals surface area contributed by atoms with Crippen molar-refractivity contribution in [2.45, 2.75) is 37.7 Å². The fraction of sp³-hybridized carbons (Fsp3) is 0.562. The first-order chi connectivity index (χ1) is 10.8. The number of amides is 1. The Morgan fingerprint density at radius 3 is 2.39 bits per heavy atom. The monoisotopic (exact) mass is 340 g/mol. The van der Waals surface area contributed by atoms with E-state index >= 15 is 0 Å². The maximum Gasteiger partial charge on any atom is 0.253 e. The number of nitrogens with zero attached hydrogens (tertiary/aromatic N) is 1. The van der Waals surface area contributed by atoms with E-state index in [0.717, 1.165) is 18.4 Å². The van der Waals surface area contributed by atoms with Gasteiger partial charge in [-0.2, -0.15) is 0 Å². The molecule has 7 heteroatoms. The third kappa shape index (κ3) is 3.73. The second-order valence-corrected chi connectivity index (χ2v) is 7.71. The number of aryl methyl sites for hydroxylation is 1. The maximum atomic E-state index is 12.7. The molecule has 23 heavy (non-hydrogen) atoms. The first-order valence-corrected chi connectivity index (χ1v) is 9.15. The van der Waals surface area contributed by atoms with E-state index in [1.165, 1.54) is 13.1 Å². The van der Waals surface area contributed by atoms with Gasteiger partial charge in [-0.1, -0.05) is 0 Å². The van der Waals surface area contributed by atoms with Crippen LogP contribution in [0.3, 0.4) is 0 Å². The van der Waals surface area contributed by atoms with E-state index in [1.54, 1.807) is 25.0 Å². The summed E-state index contributed by atoms with van der Waals surface area (Å²) < 4.78 is 31.9. The summed E-state index contributed by atoms with van der Waals surface area (Å²) in [6.45, 7) is 4.81. The van der Waals surface area contributed by atoms with Gasteiger partial charge in [0.2, 0.25) is 10.0 Å². The molecule has 1 N–H and O–H groups in total. The lowest BCUT2D eigenvalue weighted by molar-refractivity contribution is 0.0350. The number of benzene rings is 1. The highest BCUT2D eigenvalue weighted by Crippen LogP contribution is 2.23. The zero-order valence-electron chi connectivity index (χ0n) is 14.0. The second kappa shape index (κ2) is 6.98. The number of nitrogens with one attached hydrogen (secondary N) is 1. The van der Waals surface area contributed by atoms with E-state index in [2.05, 4.69) is 4.72 Å². The fourth-order valence-electron chi connectivity index (χ4n) is 2.82. The maximum absolute atomic E-state index is 12.7. The number of likely N-dealkylation sites (tertiary alicyclic amines) is 1. The van der Waals surface area contributed by atoms with Crippen molar-refractivity contribution in [3.63, 3.8) is 0 Å². The molecule has 1 saturated heterocycles. The van der Waals surface area contributed by atoms with Crippen molar-refractivity contribution in [2.75, 3.05) is 27.2 Å². The van der Waals surface area contributed by atoms with E-state index in [0.29, 0.717) is 24.2 Å². The van der Waals surface area contributed by atoms with Crippen LogP contribution in [0.5, 0.6) is 0 Å². The van der Waals surface area contributed by atoms with Gasteiger partial charge in [0.15, 0.2) is 0 Å². The SMILES string of the molecule is CNS(=O)(=O)c1cc(C(=O)N2CCC(OC)CC2)cc(C)c1C. The molecular formula is C16H24N2O4S. The van der Waals surface area contributed by atoms with E-state index in [4.69, 9.17) is 4.74 Å². The summed E-state index contributed by atoms with van der Waals surface area (Å²) >= 11 is 0. The molecule has 128 valence electrons. The first kappa shape index (κ1) is 17.9. The molecule has 6 nitrogen and oxygen atoms in total. The molecule has 0 saturated carbocycles. The van der Waals surface area contributed by atoms with Crippen LogP contribution in [-0.2, 0) is 14.8 Å². The van der Waals surface area contributed by atoms with Crippen molar-refractivity contribution in [1.29, 1.82) is 0 Å². The molecule has 0 unspecified atom stereocenters. The topological polar surface area (TPSA) is 75.7 Å². The van der Waals surface area contributed by atoms with Gasteiger partial charge in [0, 0.05) is 25.8 Å². The minimum Gasteiger partial charge on any atom is -0.381 e. The molecule has 0 atom stereocenters. The van der Waals surface area contributed by atoms with Crippen LogP contribution in [0.2, 0.25) is 0 Å². The fourth-order valence-corrected chi connectivity index (χ4v) is 3.88. The standard InChI is InChI=1S/C16H24N2O4S/c1-11-9-13(10-15(12(11)2)23(20,21)17-3)16(19)18-7-5-14(22-4)6-8-18/h9-10,14,17H,5-8H2,1-4H3. The van der Waals surface area contributed by atoms with Crippen LogP contribution in [0.4, 0.5) is 0 Å². The summed E-state index contributed by atoms with van der Waals surface area (Å²) in [4.78, 5) is 14.6. The Hall–Kier alpha value is -1.44. The summed E-state index contributed by atoms with van der Waals surface area (Å²) in [7, 11) is -0.541. The highest BCUT2D eigenvalue weighted by atomic mass is 32.2. The van der Waals surface area contributed by atoms with Crippen molar-refractivity contribution in [3.8, 4) is 0 Å². The average Bonchev–Trinajstić information content (AvgIpc) is 2.56. The molecule has 1 heterocycles. The number of carbonyl (C=O) groups excluding carboxylic acids is 1. The van der Waals surface area contributed by atoms with Gasteiger partial charge in [0.25, 0.3) is 5.91 Å². The summed E-state index contributed by atoms with van der Waals surface area (Å²) in [5.41, 5.74) is 1.86. The molecular weight excluding hydrogens is 316 g/mol. The number of rotatable bonds is 4. The Balaban J connectivity index is 2.32. The van der Waals surface area contributed by atoms with Gasteiger partial charge in [0.05, 0.1) is 11.0 Å². The molecule has 0 spiro atoms. The van der Waals surface area contributed by atoms with Crippen LogP contribution in [0, 0.1) is 13.8 Å². The third-order valence-corrected chi connectivity index (χ3v) is 6.03. The first-order valence-electron chi connectivity index (χ1n) is 7.67. The Morgan fingerprint density at radius 1 is 1.26 bits per heavy atom. The van der Waals surface area contributed by atoms with Gasteiger partial charge in [0.1, 0.15) is 0 Å². The van der Waals surface area contributed by atoms with Crippen LogP contribution in [-0.4, -0.2) is 52.6 Å². The summed E-state index contributed by atoms with van der Waals surface area (Å²) in [5, 5.41) is 0. The molecule has 1 aliphatic heterocycles. The minimum atomic E-state index is -3.59. The molecule has 0 bridgehead atoms. The number of sulfonamides is 1. The molecule has 1 aromatic rings. The lowest BCUT2D eigenvalue weighted by Gasteiger charge is -2.31. The van der Waals surface area contributed by atoms with Gasteiger partial charge in [-0.25, -0.2) is 13.1 Å². The molecule has 0 aromatic heterocycles. The predicted octanol–water partition coefficient (Wildman–Crippen LogP) is 1.46. The predicted molar refractivity (Wildman–Crippen MR) is 88.1 cm³/mol. The molecule has 1 amide bonds. The lowest BCUT2D eigenvalue weighted by Crippen LogP contribution is -2.40. The number of hydrogen-bond acceptors (Lipinski definition) is 4. The Kier molecular flexibility index (Phi) is 5.44. The molecule has 0 radical (unpaired) electrons. The van der Waals surface area contributed by atoms with Crippen molar-refractivity contribution in [3.05, 3.63) is 28.8 Å². The summed E-state index contributed by atoms with van der Waals surface area (Å²) in [6, 6.07) is 3.23. The number of hydrogen-bond donors (Lipinski definition) is 1. The third-order valence-electron chi connectivity index (χ3n) is 4.49.